The van der Waals surface area contributed by atoms with Crippen molar-refractivity contribution in [2.75, 3.05) is 18.0 Å². The standard InChI is InChI=1S/C19H18ClN3O2/c20-13-4-5-17(24)16(9-13)18(25)6-8-22-11-15-10-14(22)12-23(15)19-3-1-2-7-21-19/h1-9,14-15,24H,10-12H2/b8-6+/t14-,15-/m1/s1. The minimum absolute atomic E-state index is 0.0525. The summed E-state index contributed by atoms with van der Waals surface area (Å²) in [7, 11) is 0. The van der Waals surface area contributed by atoms with E-state index >= 15 is 0 Å². The van der Waals surface area contributed by atoms with Gasteiger partial charge in [0.2, 0.25) is 0 Å². The average molecular weight is 356 g/mol. The molecule has 0 amide bonds. The van der Waals surface area contributed by atoms with E-state index in [4.69, 9.17) is 11.6 Å². The molecule has 2 atom stereocenters. The van der Waals surface area contributed by atoms with Gasteiger partial charge in [-0.15, -0.1) is 0 Å². The monoisotopic (exact) mass is 355 g/mol. The molecule has 1 aromatic carbocycles. The largest absolute Gasteiger partial charge is 0.507 e. The Morgan fingerprint density at radius 2 is 2.12 bits per heavy atom. The van der Waals surface area contributed by atoms with Gasteiger partial charge in [0.1, 0.15) is 11.6 Å². The van der Waals surface area contributed by atoms with Crippen LogP contribution in [0.15, 0.2) is 54.9 Å². The van der Waals surface area contributed by atoms with Crippen molar-refractivity contribution in [1.29, 1.82) is 0 Å². The van der Waals surface area contributed by atoms with Crippen LogP contribution < -0.4 is 4.90 Å². The number of benzene rings is 1. The Hall–Kier alpha value is -2.53. The first-order valence-corrected chi connectivity index (χ1v) is 8.64. The fourth-order valence-corrected chi connectivity index (χ4v) is 3.82. The number of aromatic nitrogens is 1. The topological polar surface area (TPSA) is 56.7 Å². The van der Waals surface area contributed by atoms with Crippen LogP contribution in [0.1, 0.15) is 16.8 Å². The molecular weight excluding hydrogens is 338 g/mol. The number of pyridine rings is 1. The number of aromatic hydroxyl groups is 1. The Balaban J connectivity index is 1.43. The van der Waals surface area contributed by atoms with Crippen molar-refractivity contribution in [2.45, 2.75) is 18.5 Å². The summed E-state index contributed by atoms with van der Waals surface area (Å²) in [5.74, 6) is 0.714. The maximum atomic E-state index is 12.3. The summed E-state index contributed by atoms with van der Waals surface area (Å²) in [6.07, 6.45) is 6.23. The number of phenols is 1. The van der Waals surface area contributed by atoms with Gasteiger partial charge >= 0.3 is 0 Å². The van der Waals surface area contributed by atoms with Crippen LogP contribution >= 0.6 is 11.6 Å². The highest BCUT2D eigenvalue weighted by molar-refractivity contribution is 6.31. The molecule has 0 unspecified atom stereocenters. The van der Waals surface area contributed by atoms with Gasteiger partial charge in [0.25, 0.3) is 0 Å². The molecule has 25 heavy (non-hydrogen) atoms. The lowest BCUT2D eigenvalue weighted by Crippen LogP contribution is -2.44. The third-order valence-corrected chi connectivity index (χ3v) is 5.10. The first kappa shape index (κ1) is 16.0. The van der Waals surface area contributed by atoms with Crippen LogP contribution in [0.3, 0.4) is 0 Å². The lowest BCUT2D eigenvalue weighted by molar-refractivity contribution is 0.104. The summed E-state index contributed by atoms with van der Waals surface area (Å²) in [6, 6.07) is 11.2. The number of ketones is 1. The molecule has 2 aliphatic rings. The average Bonchev–Trinajstić information content (AvgIpc) is 3.23. The Bertz CT molecular complexity index is 825. The van der Waals surface area contributed by atoms with Crippen molar-refractivity contribution < 1.29 is 9.90 Å². The number of likely N-dealkylation sites (tertiary alicyclic amines) is 1. The molecule has 0 spiro atoms. The quantitative estimate of drug-likeness (QED) is 0.674. The molecule has 2 aromatic rings. The van der Waals surface area contributed by atoms with E-state index < -0.39 is 0 Å². The molecule has 1 aromatic heterocycles. The molecule has 0 aliphatic carbocycles. The second-order valence-electron chi connectivity index (χ2n) is 6.42. The Morgan fingerprint density at radius 1 is 1.24 bits per heavy atom. The van der Waals surface area contributed by atoms with Crippen LogP contribution in [0.5, 0.6) is 5.75 Å². The highest BCUT2D eigenvalue weighted by Gasteiger charge is 2.42. The van der Waals surface area contributed by atoms with E-state index in [1.54, 1.807) is 6.07 Å². The molecule has 0 radical (unpaired) electrons. The number of carbonyl (C=O) groups excluding carboxylic acids is 1. The number of carbonyl (C=O) groups is 1. The number of anilines is 1. The fourth-order valence-electron chi connectivity index (χ4n) is 3.64. The number of halogens is 1. The van der Waals surface area contributed by atoms with E-state index in [2.05, 4.69) is 14.8 Å². The van der Waals surface area contributed by atoms with Gasteiger partial charge in [-0.1, -0.05) is 17.7 Å². The molecular formula is C19H18ClN3O2. The first-order chi connectivity index (χ1) is 12.1. The van der Waals surface area contributed by atoms with Gasteiger partial charge in [-0.25, -0.2) is 4.98 Å². The van der Waals surface area contributed by atoms with Crippen molar-refractivity contribution in [3.8, 4) is 5.75 Å². The minimum Gasteiger partial charge on any atom is -0.507 e. The molecule has 2 fully saturated rings. The molecule has 2 saturated heterocycles. The van der Waals surface area contributed by atoms with Crippen molar-refractivity contribution in [1.82, 2.24) is 9.88 Å². The Kier molecular flexibility index (Phi) is 4.09. The Morgan fingerprint density at radius 3 is 2.84 bits per heavy atom. The third-order valence-electron chi connectivity index (χ3n) is 4.87. The molecule has 4 rings (SSSR count). The number of phenolic OH excluding ortho intramolecular Hbond substituents is 1. The molecule has 2 bridgehead atoms. The summed E-state index contributed by atoms with van der Waals surface area (Å²) >= 11 is 5.90. The van der Waals surface area contributed by atoms with Crippen LogP contribution in [0.2, 0.25) is 5.02 Å². The van der Waals surface area contributed by atoms with Crippen molar-refractivity contribution in [2.24, 2.45) is 0 Å². The van der Waals surface area contributed by atoms with E-state index in [1.165, 1.54) is 18.2 Å². The maximum Gasteiger partial charge on any atom is 0.191 e. The van der Waals surface area contributed by atoms with Crippen molar-refractivity contribution >= 4 is 23.2 Å². The molecule has 3 heterocycles. The molecule has 2 aliphatic heterocycles. The summed E-state index contributed by atoms with van der Waals surface area (Å²) in [5.41, 5.74) is 0.225. The van der Waals surface area contributed by atoms with Gasteiger partial charge in [-0.2, -0.15) is 0 Å². The summed E-state index contributed by atoms with van der Waals surface area (Å²) in [6.45, 7) is 1.77. The second kappa shape index (κ2) is 6.41. The first-order valence-electron chi connectivity index (χ1n) is 8.26. The van der Waals surface area contributed by atoms with Crippen LogP contribution in [-0.2, 0) is 0 Å². The van der Waals surface area contributed by atoms with Gasteiger partial charge in [-0.3, -0.25) is 4.79 Å². The van der Waals surface area contributed by atoms with E-state index in [-0.39, 0.29) is 17.1 Å². The van der Waals surface area contributed by atoms with Crippen LogP contribution in [0.25, 0.3) is 0 Å². The number of nitrogens with zero attached hydrogens (tertiary/aromatic N) is 3. The number of allylic oxidation sites excluding steroid dienone is 1. The van der Waals surface area contributed by atoms with Crippen LogP contribution in [0, 0.1) is 0 Å². The van der Waals surface area contributed by atoms with Gasteiger partial charge in [0.05, 0.1) is 5.56 Å². The minimum atomic E-state index is -0.246. The summed E-state index contributed by atoms with van der Waals surface area (Å²) < 4.78 is 0. The van der Waals surface area contributed by atoms with Gasteiger partial charge in [-0.05, 0) is 36.8 Å². The SMILES string of the molecule is O=C(/C=C/N1C[C@H]2C[C@@H]1CN2c1ccccn1)c1cc(Cl)ccc1O. The predicted molar refractivity (Wildman–Crippen MR) is 97.1 cm³/mol. The van der Waals surface area contributed by atoms with Crippen LogP contribution in [-0.4, -0.2) is 45.9 Å². The number of rotatable bonds is 4. The molecule has 6 heteroatoms. The molecule has 0 saturated carbocycles. The number of piperazine rings is 1. The predicted octanol–water partition coefficient (Wildman–Crippen LogP) is 3.10. The maximum absolute atomic E-state index is 12.3. The number of fused-ring (bicyclic) bond motifs is 2. The van der Waals surface area contributed by atoms with Crippen molar-refractivity contribution in [3.05, 3.63) is 65.5 Å². The number of hydrogen-bond donors (Lipinski definition) is 1. The molecule has 1 N–H and O–H groups in total. The van der Waals surface area contributed by atoms with Crippen LogP contribution in [0.4, 0.5) is 5.82 Å². The molecule has 5 nitrogen and oxygen atoms in total. The van der Waals surface area contributed by atoms with Gasteiger partial charge in [0.15, 0.2) is 5.78 Å². The van der Waals surface area contributed by atoms with E-state index in [1.807, 2.05) is 30.6 Å². The zero-order valence-corrected chi connectivity index (χ0v) is 14.3. The fraction of sp³-hybridized carbons (Fsp3) is 0.263. The van der Waals surface area contributed by atoms with E-state index in [0.717, 1.165) is 25.3 Å². The summed E-state index contributed by atoms with van der Waals surface area (Å²) in [5, 5.41) is 10.3. The zero-order chi connectivity index (χ0) is 17.4. The van der Waals surface area contributed by atoms with E-state index in [9.17, 15) is 9.90 Å². The lowest BCUT2D eigenvalue weighted by atomic mass is 10.1. The van der Waals surface area contributed by atoms with Gasteiger partial charge < -0.3 is 14.9 Å². The Labute approximate surface area is 151 Å². The zero-order valence-electron chi connectivity index (χ0n) is 13.5. The summed E-state index contributed by atoms with van der Waals surface area (Å²) in [4.78, 5) is 21.3. The second-order valence-corrected chi connectivity index (χ2v) is 6.86. The number of hydrogen-bond acceptors (Lipinski definition) is 5. The molecule has 128 valence electrons. The van der Waals surface area contributed by atoms with Crippen molar-refractivity contribution in [3.63, 3.8) is 0 Å². The van der Waals surface area contributed by atoms with Gasteiger partial charge in [0, 0.05) is 48.7 Å². The smallest absolute Gasteiger partial charge is 0.191 e. The normalized spacial score (nSPS) is 22.1. The highest BCUT2D eigenvalue weighted by atomic mass is 35.5. The third kappa shape index (κ3) is 3.07. The van der Waals surface area contributed by atoms with E-state index in [0.29, 0.717) is 17.1 Å². The lowest BCUT2D eigenvalue weighted by Gasteiger charge is -2.34. The highest BCUT2D eigenvalue weighted by Crippen LogP contribution is 2.33.